The molecule has 2 heterocycles. The molecular formula is C13H11N3O. The molecule has 0 radical (unpaired) electrons. The molecule has 0 saturated heterocycles. The van der Waals surface area contributed by atoms with Gasteiger partial charge in [0.2, 0.25) is 5.89 Å². The molecule has 0 aliphatic heterocycles. The van der Waals surface area contributed by atoms with Crippen molar-refractivity contribution in [1.29, 1.82) is 0 Å². The fourth-order valence-electron chi connectivity index (χ4n) is 1.66. The minimum Gasteiger partial charge on any atom is -0.436 e. The fourth-order valence-corrected chi connectivity index (χ4v) is 1.66. The Kier molecular flexibility index (Phi) is 2.26. The van der Waals surface area contributed by atoms with Crippen LogP contribution < -0.4 is 5.32 Å². The Morgan fingerprint density at radius 3 is 2.71 bits per heavy atom. The predicted molar refractivity (Wildman–Crippen MR) is 66.8 cm³/mol. The SMILES string of the molecule is CNc1ccc(-c2nc3ccccc3o2)cn1. The molecule has 0 fully saturated rings. The molecule has 17 heavy (non-hydrogen) atoms. The molecule has 1 N–H and O–H groups in total. The molecule has 1 aromatic carbocycles. The summed E-state index contributed by atoms with van der Waals surface area (Å²) >= 11 is 0. The van der Waals surface area contributed by atoms with Crippen molar-refractivity contribution < 1.29 is 4.42 Å². The summed E-state index contributed by atoms with van der Waals surface area (Å²) in [5.41, 5.74) is 2.53. The Labute approximate surface area is 98.3 Å². The molecule has 0 aliphatic rings. The first-order valence-electron chi connectivity index (χ1n) is 5.36. The summed E-state index contributed by atoms with van der Waals surface area (Å²) in [5.74, 6) is 1.42. The maximum atomic E-state index is 5.66. The lowest BCUT2D eigenvalue weighted by atomic mass is 10.3. The van der Waals surface area contributed by atoms with Crippen LogP contribution in [0.1, 0.15) is 0 Å². The Hall–Kier alpha value is -2.36. The van der Waals surface area contributed by atoms with E-state index in [1.165, 1.54) is 0 Å². The van der Waals surface area contributed by atoms with E-state index in [0.29, 0.717) is 5.89 Å². The average molecular weight is 225 g/mol. The second-order valence-electron chi connectivity index (χ2n) is 3.67. The number of rotatable bonds is 2. The molecule has 0 unspecified atom stereocenters. The van der Waals surface area contributed by atoms with Crippen LogP contribution in [0.2, 0.25) is 0 Å². The van der Waals surface area contributed by atoms with Crippen LogP contribution >= 0.6 is 0 Å². The second kappa shape index (κ2) is 3.90. The van der Waals surface area contributed by atoms with Crippen molar-refractivity contribution in [2.45, 2.75) is 0 Å². The van der Waals surface area contributed by atoms with E-state index in [1.54, 1.807) is 6.20 Å². The molecule has 4 nitrogen and oxygen atoms in total. The number of nitrogens with zero attached hydrogens (tertiary/aromatic N) is 2. The lowest BCUT2D eigenvalue weighted by Crippen LogP contribution is -1.91. The summed E-state index contributed by atoms with van der Waals surface area (Å²) in [4.78, 5) is 8.64. The standard InChI is InChI=1S/C13H11N3O/c1-14-12-7-6-9(8-15-12)13-16-10-4-2-3-5-11(10)17-13/h2-8H,1H3,(H,14,15). The van der Waals surface area contributed by atoms with Gasteiger partial charge in [0.05, 0.1) is 5.56 Å². The molecule has 0 saturated carbocycles. The van der Waals surface area contributed by atoms with Crippen molar-refractivity contribution in [2.24, 2.45) is 0 Å². The zero-order chi connectivity index (χ0) is 11.7. The van der Waals surface area contributed by atoms with Crippen molar-refractivity contribution in [3.63, 3.8) is 0 Å². The highest BCUT2D eigenvalue weighted by molar-refractivity contribution is 5.75. The molecule has 4 heteroatoms. The Morgan fingerprint density at radius 1 is 1.12 bits per heavy atom. The third-order valence-electron chi connectivity index (χ3n) is 2.56. The van der Waals surface area contributed by atoms with Crippen molar-refractivity contribution in [2.75, 3.05) is 12.4 Å². The number of para-hydroxylation sites is 2. The van der Waals surface area contributed by atoms with Crippen LogP contribution in [0.15, 0.2) is 47.0 Å². The third-order valence-corrected chi connectivity index (χ3v) is 2.56. The van der Waals surface area contributed by atoms with E-state index < -0.39 is 0 Å². The lowest BCUT2D eigenvalue weighted by molar-refractivity contribution is 0.619. The highest BCUT2D eigenvalue weighted by atomic mass is 16.3. The summed E-state index contributed by atoms with van der Waals surface area (Å²) in [7, 11) is 1.83. The van der Waals surface area contributed by atoms with E-state index in [2.05, 4.69) is 15.3 Å². The lowest BCUT2D eigenvalue weighted by Gasteiger charge is -1.98. The van der Waals surface area contributed by atoms with Crippen LogP contribution in [0.5, 0.6) is 0 Å². The Balaban J connectivity index is 2.07. The number of pyridine rings is 1. The number of hydrogen-bond acceptors (Lipinski definition) is 4. The number of anilines is 1. The number of oxazole rings is 1. The maximum absolute atomic E-state index is 5.66. The van der Waals surface area contributed by atoms with Crippen molar-refractivity contribution >= 4 is 16.9 Å². The van der Waals surface area contributed by atoms with Crippen LogP contribution in [-0.2, 0) is 0 Å². The highest BCUT2D eigenvalue weighted by Crippen LogP contribution is 2.23. The summed E-state index contributed by atoms with van der Waals surface area (Å²) in [6.45, 7) is 0. The van der Waals surface area contributed by atoms with Crippen LogP contribution in [0.3, 0.4) is 0 Å². The number of aromatic nitrogens is 2. The van der Waals surface area contributed by atoms with Gasteiger partial charge in [-0.2, -0.15) is 0 Å². The summed E-state index contributed by atoms with van der Waals surface area (Å²) in [6, 6.07) is 11.5. The molecule has 0 aliphatic carbocycles. The van der Waals surface area contributed by atoms with Gasteiger partial charge < -0.3 is 9.73 Å². The van der Waals surface area contributed by atoms with Gasteiger partial charge >= 0.3 is 0 Å². The van der Waals surface area contributed by atoms with Crippen molar-refractivity contribution in [3.8, 4) is 11.5 Å². The highest BCUT2D eigenvalue weighted by Gasteiger charge is 2.07. The number of benzene rings is 1. The van der Waals surface area contributed by atoms with Gasteiger partial charge in [-0.1, -0.05) is 12.1 Å². The molecule has 2 aromatic heterocycles. The topological polar surface area (TPSA) is 51.0 Å². The fraction of sp³-hybridized carbons (Fsp3) is 0.0769. The monoisotopic (exact) mass is 225 g/mol. The summed E-state index contributed by atoms with van der Waals surface area (Å²) < 4.78 is 5.66. The van der Waals surface area contributed by atoms with Gasteiger partial charge in [0, 0.05) is 13.2 Å². The van der Waals surface area contributed by atoms with Crippen LogP contribution in [0, 0.1) is 0 Å². The second-order valence-corrected chi connectivity index (χ2v) is 3.67. The van der Waals surface area contributed by atoms with Crippen LogP contribution in [0.4, 0.5) is 5.82 Å². The number of hydrogen-bond donors (Lipinski definition) is 1. The normalized spacial score (nSPS) is 10.6. The van der Waals surface area contributed by atoms with Gasteiger partial charge in [-0.15, -0.1) is 0 Å². The first-order valence-corrected chi connectivity index (χ1v) is 5.36. The predicted octanol–water partition coefficient (Wildman–Crippen LogP) is 2.93. The smallest absolute Gasteiger partial charge is 0.228 e. The Bertz CT molecular complexity index is 610. The van der Waals surface area contributed by atoms with E-state index in [1.807, 2.05) is 43.4 Å². The zero-order valence-corrected chi connectivity index (χ0v) is 9.34. The molecule has 0 atom stereocenters. The minimum absolute atomic E-state index is 0.598. The van der Waals surface area contributed by atoms with Gasteiger partial charge in [-0.3, -0.25) is 0 Å². The van der Waals surface area contributed by atoms with E-state index in [0.717, 1.165) is 22.5 Å². The van der Waals surface area contributed by atoms with Gasteiger partial charge in [0.15, 0.2) is 5.58 Å². The van der Waals surface area contributed by atoms with Gasteiger partial charge in [0.1, 0.15) is 11.3 Å². The number of fused-ring (bicyclic) bond motifs is 1. The molecule has 0 amide bonds. The molecule has 84 valence electrons. The van der Waals surface area contributed by atoms with Gasteiger partial charge in [-0.05, 0) is 24.3 Å². The van der Waals surface area contributed by atoms with Gasteiger partial charge in [0.25, 0.3) is 0 Å². The quantitative estimate of drug-likeness (QED) is 0.728. The maximum Gasteiger partial charge on any atom is 0.228 e. The first-order chi connectivity index (χ1) is 8.36. The molecule has 3 rings (SSSR count). The van der Waals surface area contributed by atoms with E-state index in [-0.39, 0.29) is 0 Å². The van der Waals surface area contributed by atoms with Gasteiger partial charge in [-0.25, -0.2) is 9.97 Å². The molecule has 0 spiro atoms. The molecular weight excluding hydrogens is 214 g/mol. The zero-order valence-electron chi connectivity index (χ0n) is 9.34. The van der Waals surface area contributed by atoms with E-state index in [9.17, 15) is 0 Å². The first kappa shape index (κ1) is 9.84. The minimum atomic E-state index is 0.598. The average Bonchev–Trinajstić information content (AvgIpc) is 2.82. The summed E-state index contributed by atoms with van der Waals surface area (Å²) in [5, 5.41) is 2.97. The Morgan fingerprint density at radius 2 is 2.00 bits per heavy atom. The molecule has 3 aromatic rings. The van der Waals surface area contributed by atoms with E-state index >= 15 is 0 Å². The third kappa shape index (κ3) is 1.73. The summed E-state index contributed by atoms with van der Waals surface area (Å²) in [6.07, 6.45) is 1.75. The largest absolute Gasteiger partial charge is 0.436 e. The molecule has 0 bridgehead atoms. The van der Waals surface area contributed by atoms with E-state index in [4.69, 9.17) is 4.42 Å². The van der Waals surface area contributed by atoms with Crippen molar-refractivity contribution in [3.05, 3.63) is 42.6 Å². The van der Waals surface area contributed by atoms with Crippen LogP contribution in [0.25, 0.3) is 22.6 Å². The number of nitrogens with one attached hydrogen (secondary N) is 1. The van der Waals surface area contributed by atoms with Crippen molar-refractivity contribution in [1.82, 2.24) is 9.97 Å². The van der Waals surface area contributed by atoms with Crippen LogP contribution in [-0.4, -0.2) is 17.0 Å².